The number of aromatic nitrogens is 2. The van der Waals surface area contributed by atoms with Gasteiger partial charge < -0.3 is 5.73 Å². The summed E-state index contributed by atoms with van der Waals surface area (Å²) >= 11 is 4.51. The molecule has 0 saturated carbocycles. The molecule has 0 atom stereocenters. The summed E-state index contributed by atoms with van der Waals surface area (Å²) in [6.07, 6.45) is 0. The van der Waals surface area contributed by atoms with Crippen molar-refractivity contribution in [1.82, 2.24) is 9.36 Å². The van der Waals surface area contributed by atoms with E-state index in [1.165, 1.54) is 11.8 Å². The third-order valence-corrected chi connectivity index (χ3v) is 4.21. The SMILES string of the molecule is Cn1c(CSC(=N)N)c(Br)c(=O)n1-c1ccccc1. The molecule has 0 fully saturated rings. The van der Waals surface area contributed by atoms with Gasteiger partial charge >= 0.3 is 0 Å². The standard InChI is InChI=1S/C12H13BrN4OS/c1-16-9(7-19-12(14)15)10(13)11(18)17(16)8-5-3-2-4-6-8/h2-6H,7H2,1H3,(H3,14,15). The molecule has 1 aromatic carbocycles. The second-order valence-corrected chi connectivity index (χ2v) is 5.70. The van der Waals surface area contributed by atoms with Crippen LogP contribution in [0.2, 0.25) is 0 Å². The first-order valence-electron chi connectivity index (χ1n) is 5.51. The summed E-state index contributed by atoms with van der Waals surface area (Å²) in [4.78, 5) is 12.3. The van der Waals surface area contributed by atoms with Gasteiger partial charge in [0.05, 0.1) is 11.4 Å². The van der Waals surface area contributed by atoms with Crippen LogP contribution in [0.4, 0.5) is 0 Å². The number of benzene rings is 1. The Morgan fingerprint density at radius 1 is 1.42 bits per heavy atom. The highest BCUT2D eigenvalue weighted by atomic mass is 79.9. The molecule has 7 heteroatoms. The molecule has 2 rings (SSSR count). The van der Waals surface area contributed by atoms with E-state index >= 15 is 0 Å². The quantitative estimate of drug-likeness (QED) is 0.663. The Balaban J connectivity index is 2.50. The lowest BCUT2D eigenvalue weighted by Crippen LogP contribution is -2.19. The number of halogens is 1. The smallest absolute Gasteiger partial charge is 0.286 e. The van der Waals surface area contributed by atoms with Gasteiger partial charge in [0.1, 0.15) is 4.47 Å². The molecular weight excluding hydrogens is 328 g/mol. The molecule has 0 radical (unpaired) electrons. The van der Waals surface area contributed by atoms with Gasteiger partial charge in [-0.3, -0.25) is 14.9 Å². The van der Waals surface area contributed by atoms with Crippen LogP contribution in [-0.2, 0) is 12.8 Å². The lowest BCUT2D eigenvalue weighted by Gasteiger charge is -2.09. The molecule has 0 aliphatic carbocycles. The van der Waals surface area contributed by atoms with Gasteiger partial charge in [0, 0.05) is 12.8 Å². The Bertz CT molecular complexity index is 662. The number of hydrogen-bond donors (Lipinski definition) is 2. The fourth-order valence-electron chi connectivity index (χ4n) is 1.78. The average Bonchev–Trinajstić information content (AvgIpc) is 2.59. The Labute approximate surface area is 123 Å². The van der Waals surface area contributed by atoms with E-state index in [0.29, 0.717) is 10.2 Å². The lowest BCUT2D eigenvalue weighted by atomic mass is 10.3. The molecule has 5 nitrogen and oxygen atoms in total. The van der Waals surface area contributed by atoms with Gasteiger partial charge in [-0.05, 0) is 28.1 Å². The van der Waals surface area contributed by atoms with E-state index in [1.807, 2.05) is 37.4 Å². The molecule has 0 amide bonds. The Morgan fingerprint density at radius 2 is 2.05 bits per heavy atom. The highest BCUT2D eigenvalue weighted by Crippen LogP contribution is 2.20. The molecule has 100 valence electrons. The van der Waals surface area contributed by atoms with Crippen molar-refractivity contribution in [2.45, 2.75) is 5.75 Å². The van der Waals surface area contributed by atoms with Gasteiger partial charge in [0.2, 0.25) is 0 Å². The minimum atomic E-state index is -0.118. The van der Waals surface area contributed by atoms with Crippen LogP contribution in [0, 0.1) is 5.41 Å². The fourth-order valence-corrected chi connectivity index (χ4v) is 3.15. The third kappa shape index (κ3) is 2.76. The Kier molecular flexibility index (Phi) is 4.16. The first-order chi connectivity index (χ1) is 9.02. The number of thioether (sulfide) groups is 1. The van der Waals surface area contributed by atoms with Gasteiger partial charge in [0.15, 0.2) is 5.17 Å². The van der Waals surface area contributed by atoms with Gasteiger partial charge in [-0.25, -0.2) is 4.68 Å². The molecule has 1 aromatic heterocycles. The van der Waals surface area contributed by atoms with Crippen LogP contribution in [0.25, 0.3) is 5.69 Å². The van der Waals surface area contributed by atoms with Crippen molar-refractivity contribution in [3.63, 3.8) is 0 Å². The number of para-hydroxylation sites is 1. The average molecular weight is 341 g/mol. The molecule has 0 bridgehead atoms. The van der Waals surface area contributed by atoms with Gasteiger partial charge in [-0.15, -0.1) is 0 Å². The topological polar surface area (TPSA) is 76.8 Å². The van der Waals surface area contributed by atoms with Crippen molar-refractivity contribution in [2.75, 3.05) is 0 Å². The van der Waals surface area contributed by atoms with Gasteiger partial charge in [0.25, 0.3) is 5.56 Å². The molecule has 2 aromatic rings. The molecule has 0 unspecified atom stereocenters. The third-order valence-electron chi connectivity index (χ3n) is 2.69. The Morgan fingerprint density at radius 3 is 2.63 bits per heavy atom. The van der Waals surface area contributed by atoms with Crippen LogP contribution < -0.4 is 11.3 Å². The summed E-state index contributed by atoms with van der Waals surface area (Å²) < 4.78 is 3.87. The minimum absolute atomic E-state index is 0.0341. The van der Waals surface area contributed by atoms with Crippen LogP contribution in [-0.4, -0.2) is 14.5 Å². The largest absolute Gasteiger partial charge is 0.379 e. The summed E-state index contributed by atoms with van der Waals surface area (Å²) in [5, 5.41) is 7.27. The van der Waals surface area contributed by atoms with Crippen LogP contribution in [0.5, 0.6) is 0 Å². The minimum Gasteiger partial charge on any atom is -0.379 e. The second kappa shape index (κ2) is 5.66. The van der Waals surface area contributed by atoms with Crippen molar-refractivity contribution in [2.24, 2.45) is 12.8 Å². The molecule has 0 spiro atoms. The predicted molar refractivity (Wildman–Crippen MR) is 81.9 cm³/mol. The zero-order valence-corrected chi connectivity index (χ0v) is 12.7. The fraction of sp³-hybridized carbons (Fsp3) is 0.167. The zero-order chi connectivity index (χ0) is 14.0. The van der Waals surface area contributed by atoms with Crippen molar-refractivity contribution >= 4 is 32.9 Å². The maximum absolute atomic E-state index is 12.3. The van der Waals surface area contributed by atoms with Crippen molar-refractivity contribution < 1.29 is 0 Å². The highest BCUT2D eigenvalue weighted by Gasteiger charge is 2.16. The van der Waals surface area contributed by atoms with Crippen LogP contribution >= 0.6 is 27.7 Å². The molecule has 1 heterocycles. The second-order valence-electron chi connectivity index (χ2n) is 3.89. The number of nitrogens with one attached hydrogen (secondary N) is 1. The summed E-state index contributed by atoms with van der Waals surface area (Å²) in [6.45, 7) is 0. The highest BCUT2D eigenvalue weighted by molar-refractivity contribution is 9.10. The van der Waals surface area contributed by atoms with Crippen molar-refractivity contribution in [3.05, 3.63) is 50.9 Å². The van der Waals surface area contributed by atoms with Gasteiger partial charge in [-0.2, -0.15) is 0 Å². The monoisotopic (exact) mass is 340 g/mol. The van der Waals surface area contributed by atoms with E-state index in [2.05, 4.69) is 15.9 Å². The van der Waals surface area contributed by atoms with Gasteiger partial charge in [-0.1, -0.05) is 30.0 Å². The maximum atomic E-state index is 12.3. The van der Waals surface area contributed by atoms with E-state index in [4.69, 9.17) is 11.1 Å². The Hall–Kier alpha value is -1.47. The zero-order valence-electron chi connectivity index (χ0n) is 10.3. The molecule has 0 aliphatic heterocycles. The van der Waals surface area contributed by atoms with E-state index in [9.17, 15) is 4.79 Å². The summed E-state index contributed by atoms with van der Waals surface area (Å²) in [7, 11) is 1.81. The predicted octanol–water partition coefficient (Wildman–Crippen LogP) is 2.07. The number of amidine groups is 1. The molecular formula is C12H13BrN4OS. The normalized spacial score (nSPS) is 10.6. The van der Waals surface area contributed by atoms with E-state index in [-0.39, 0.29) is 10.7 Å². The maximum Gasteiger partial charge on any atom is 0.286 e. The molecule has 0 aliphatic rings. The van der Waals surface area contributed by atoms with E-state index in [0.717, 1.165) is 11.4 Å². The number of hydrogen-bond acceptors (Lipinski definition) is 3. The van der Waals surface area contributed by atoms with Crippen molar-refractivity contribution in [1.29, 1.82) is 5.41 Å². The van der Waals surface area contributed by atoms with Crippen LogP contribution in [0.15, 0.2) is 39.6 Å². The van der Waals surface area contributed by atoms with Crippen molar-refractivity contribution in [3.8, 4) is 5.69 Å². The first-order valence-corrected chi connectivity index (χ1v) is 7.29. The molecule has 0 saturated heterocycles. The number of rotatable bonds is 3. The summed E-state index contributed by atoms with van der Waals surface area (Å²) in [5.41, 5.74) is 6.82. The van der Waals surface area contributed by atoms with E-state index < -0.39 is 0 Å². The van der Waals surface area contributed by atoms with Crippen LogP contribution in [0.1, 0.15) is 5.69 Å². The number of nitrogens with zero attached hydrogens (tertiary/aromatic N) is 2. The summed E-state index contributed by atoms with van der Waals surface area (Å²) in [6, 6.07) is 9.41. The molecule has 3 N–H and O–H groups in total. The summed E-state index contributed by atoms with van der Waals surface area (Å²) in [5.74, 6) is 0.474. The van der Waals surface area contributed by atoms with E-state index in [1.54, 1.807) is 9.36 Å². The van der Waals surface area contributed by atoms with Crippen LogP contribution in [0.3, 0.4) is 0 Å². The molecule has 19 heavy (non-hydrogen) atoms. The number of nitrogens with two attached hydrogens (primary N) is 1. The lowest BCUT2D eigenvalue weighted by molar-refractivity contribution is 0.628. The first kappa shape index (κ1) is 14.0.